The van der Waals surface area contributed by atoms with Crippen molar-refractivity contribution in [3.05, 3.63) is 70.3 Å². The first-order chi connectivity index (χ1) is 13.4. The van der Waals surface area contributed by atoms with Crippen LogP contribution in [0.3, 0.4) is 0 Å². The molecule has 0 radical (unpaired) electrons. The SMILES string of the molecule is C1=CC2CC(Cc3cccs3)CCC2n2c3c(c4cnccc42)CCC=C13. The molecule has 0 saturated heterocycles. The Morgan fingerprint density at radius 3 is 3.15 bits per heavy atom. The molecule has 0 amide bonds. The largest absolute Gasteiger partial charge is 0.336 e. The highest BCUT2D eigenvalue weighted by Crippen LogP contribution is 2.47. The minimum Gasteiger partial charge on any atom is -0.336 e. The maximum atomic E-state index is 4.45. The molecule has 3 atom stereocenters. The van der Waals surface area contributed by atoms with Gasteiger partial charge in [0, 0.05) is 28.7 Å². The first-order valence-corrected chi connectivity index (χ1v) is 11.1. The van der Waals surface area contributed by atoms with E-state index in [1.807, 2.05) is 17.5 Å². The van der Waals surface area contributed by atoms with E-state index >= 15 is 0 Å². The second-order valence-corrected chi connectivity index (χ2v) is 9.37. The summed E-state index contributed by atoms with van der Waals surface area (Å²) in [6.45, 7) is 0. The number of aromatic nitrogens is 2. The van der Waals surface area contributed by atoms with Crippen molar-refractivity contribution in [1.29, 1.82) is 0 Å². The van der Waals surface area contributed by atoms with E-state index in [4.69, 9.17) is 0 Å². The fourth-order valence-electron chi connectivity index (χ4n) is 5.68. The molecule has 0 bridgehead atoms. The first kappa shape index (κ1) is 15.9. The summed E-state index contributed by atoms with van der Waals surface area (Å²) in [4.78, 5) is 6.00. The third-order valence-electron chi connectivity index (χ3n) is 6.84. The Balaban J connectivity index is 1.43. The Morgan fingerprint density at radius 2 is 2.22 bits per heavy atom. The Morgan fingerprint density at radius 1 is 1.22 bits per heavy atom. The van der Waals surface area contributed by atoms with Crippen LogP contribution in [0.4, 0.5) is 0 Å². The van der Waals surface area contributed by atoms with Crippen molar-refractivity contribution >= 4 is 27.8 Å². The molecule has 0 N–H and O–H groups in total. The van der Waals surface area contributed by atoms with Crippen LogP contribution < -0.4 is 0 Å². The zero-order valence-corrected chi connectivity index (χ0v) is 16.3. The molecule has 1 saturated carbocycles. The van der Waals surface area contributed by atoms with Crippen LogP contribution in [0, 0.1) is 11.8 Å². The molecule has 1 aliphatic heterocycles. The minimum atomic E-state index is 0.596. The number of rotatable bonds is 2. The van der Waals surface area contributed by atoms with E-state index in [-0.39, 0.29) is 0 Å². The van der Waals surface area contributed by atoms with Crippen LogP contribution >= 0.6 is 11.3 Å². The summed E-state index contributed by atoms with van der Waals surface area (Å²) < 4.78 is 2.70. The summed E-state index contributed by atoms with van der Waals surface area (Å²) in [5.74, 6) is 1.46. The maximum Gasteiger partial charge on any atom is 0.0524 e. The molecule has 3 aromatic rings. The number of aryl methyl sites for hydroxylation is 1. The highest BCUT2D eigenvalue weighted by atomic mass is 32.1. The number of fused-ring (bicyclic) bond motifs is 5. The monoisotopic (exact) mass is 372 g/mol. The van der Waals surface area contributed by atoms with Crippen LogP contribution in [0.2, 0.25) is 0 Å². The first-order valence-electron chi connectivity index (χ1n) is 10.3. The number of hydrogen-bond acceptors (Lipinski definition) is 2. The fourth-order valence-corrected chi connectivity index (χ4v) is 6.50. The van der Waals surface area contributed by atoms with Crippen molar-refractivity contribution in [2.45, 2.75) is 44.6 Å². The van der Waals surface area contributed by atoms with Crippen molar-refractivity contribution < 1.29 is 0 Å². The van der Waals surface area contributed by atoms with Gasteiger partial charge >= 0.3 is 0 Å². The van der Waals surface area contributed by atoms with E-state index in [9.17, 15) is 0 Å². The van der Waals surface area contributed by atoms with Crippen LogP contribution in [0.15, 0.2) is 54.2 Å². The van der Waals surface area contributed by atoms with Gasteiger partial charge in [0.05, 0.1) is 11.2 Å². The number of nitrogens with zero attached hydrogens (tertiary/aromatic N) is 2. The van der Waals surface area contributed by atoms with Gasteiger partial charge in [-0.3, -0.25) is 4.98 Å². The summed E-state index contributed by atoms with van der Waals surface area (Å²) in [6, 6.07) is 7.33. The molecular formula is C24H24N2S. The summed E-state index contributed by atoms with van der Waals surface area (Å²) in [5.41, 5.74) is 5.86. The maximum absolute atomic E-state index is 4.45. The van der Waals surface area contributed by atoms with E-state index in [1.54, 1.807) is 4.88 Å². The molecular weight excluding hydrogens is 348 g/mol. The van der Waals surface area contributed by atoms with Crippen molar-refractivity contribution in [3.8, 4) is 0 Å². The lowest BCUT2D eigenvalue weighted by Gasteiger charge is -2.36. The summed E-state index contributed by atoms with van der Waals surface area (Å²) in [5, 5.41) is 3.60. The Kier molecular flexibility index (Phi) is 3.65. The van der Waals surface area contributed by atoms with Crippen LogP contribution in [0.5, 0.6) is 0 Å². The van der Waals surface area contributed by atoms with E-state index < -0.39 is 0 Å². The predicted octanol–water partition coefficient (Wildman–Crippen LogP) is 6.20. The lowest BCUT2D eigenvalue weighted by Crippen LogP contribution is -2.27. The van der Waals surface area contributed by atoms with Crippen LogP contribution in [-0.4, -0.2) is 9.55 Å². The standard InChI is InChI=1S/C24H24N2S/c1-3-17-7-8-18-13-16(14-19-4-2-12-27-19)6-9-22(18)26-23-10-11-25-15-21(23)20(5-1)24(17)26/h2-4,7-8,10-12,15-16,18,22H,1,5-6,9,13-14H2. The highest BCUT2D eigenvalue weighted by Gasteiger charge is 2.35. The van der Waals surface area contributed by atoms with Crippen molar-refractivity contribution in [1.82, 2.24) is 9.55 Å². The smallest absolute Gasteiger partial charge is 0.0524 e. The van der Waals surface area contributed by atoms with Gasteiger partial charge in [-0.15, -0.1) is 11.3 Å². The zero-order chi connectivity index (χ0) is 17.8. The van der Waals surface area contributed by atoms with Crippen molar-refractivity contribution in [2.24, 2.45) is 11.8 Å². The molecule has 4 heterocycles. The van der Waals surface area contributed by atoms with Gasteiger partial charge in [0.2, 0.25) is 0 Å². The number of thiophene rings is 1. The average Bonchev–Trinajstić information content (AvgIpc) is 3.28. The molecule has 27 heavy (non-hydrogen) atoms. The molecule has 3 aromatic heterocycles. The number of pyridine rings is 1. The number of hydrogen-bond donors (Lipinski definition) is 0. The van der Waals surface area contributed by atoms with Gasteiger partial charge < -0.3 is 4.57 Å². The predicted molar refractivity (Wildman–Crippen MR) is 113 cm³/mol. The van der Waals surface area contributed by atoms with Gasteiger partial charge in [0.1, 0.15) is 0 Å². The quantitative estimate of drug-likeness (QED) is 0.524. The lowest BCUT2D eigenvalue weighted by atomic mass is 9.76. The van der Waals surface area contributed by atoms with Gasteiger partial charge in [-0.1, -0.05) is 24.3 Å². The highest BCUT2D eigenvalue weighted by molar-refractivity contribution is 7.09. The fraction of sp³-hybridized carbons (Fsp3) is 0.375. The van der Waals surface area contributed by atoms with E-state index in [0.29, 0.717) is 12.0 Å². The summed E-state index contributed by atoms with van der Waals surface area (Å²) in [7, 11) is 0. The third kappa shape index (κ3) is 2.48. The molecule has 1 fully saturated rings. The molecule has 2 nitrogen and oxygen atoms in total. The Hall–Kier alpha value is -2.13. The molecule has 136 valence electrons. The Labute approximate surface area is 164 Å². The van der Waals surface area contributed by atoms with E-state index in [2.05, 4.69) is 57.6 Å². The summed E-state index contributed by atoms with van der Waals surface area (Å²) in [6.07, 6.45) is 19.0. The minimum absolute atomic E-state index is 0.596. The van der Waals surface area contributed by atoms with Crippen molar-refractivity contribution in [2.75, 3.05) is 0 Å². The van der Waals surface area contributed by atoms with Gasteiger partial charge in [-0.05, 0) is 79.0 Å². The van der Waals surface area contributed by atoms with Gasteiger partial charge in [0.25, 0.3) is 0 Å². The molecule has 3 unspecified atom stereocenters. The van der Waals surface area contributed by atoms with Gasteiger partial charge in [-0.25, -0.2) is 0 Å². The lowest BCUT2D eigenvalue weighted by molar-refractivity contribution is 0.222. The van der Waals surface area contributed by atoms with Crippen LogP contribution in [0.1, 0.15) is 47.9 Å². The third-order valence-corrected chi connectivity index (χ3v) is 7.74. The van der Waals surface area contributed by atoms with Gasteiger partial charge in [0.15, 0.2) is 0 Å². The van der Waals surface area contributed by atoms with E-state index in [0.717, 1.165) is 18.8 Å². The van der Waals surface area contributed by atoms with Crippen molar-refractivity contribution in [3.63, 3.8) is 0 Å². The number of allylic oxidation sites excluding steroid dienone is 4. The van der Waals surface area contributed by atoms with Gasteiger partial charge in [-0.2, -0.15) is 0 Å². The second kappa shape index (κ2) is 6.20. The topological polar surface area (TPSA) is 17.8 Å². The van der Waals surface area contributed by atoms with E-state index in [1.165, 1.54) is 53.4 Å². The second-order valence-electron chi connectivity index (χ2n) is 8.34. The molecule has 0 aromatic carbocycles. The van der Waals surface area contributed by atoms with Crippen LogP contribution in [0.25, 0.3) is 16.5 Å². The molecule has 3 heteroatoms. The zero-order valence-electron chi connectivity index (χ0n) is 15.5. The normalized spacial score (nSPS) is 26.4. The Bertz CT molecular complexity index is 1050. The molecule has 2 aliphatic carbocycles. The van der Waals surface area contributed by atoms with Crippen LogP contribution in [-0.2, 0) is 12.8 Å². The average molecular weight is 373 g/mol. The molecule has 0 spiro atoms. The molecule has 3 aliphatic rings. The summed E-state index contributed by atoms with van der Waals surface area (Å²) >= 11 is 1.92. The molecule has 6 rings (SSSR count).